The molecule has 0 radical (unpaired) electrons. The Bertz CT molecular complexity index is 938. The van der Waals surface area contributed by atoms with Crippen molar-refractivity contribution in [2.75, 3.05) is 0 Å². The van der Waals surface area contributed by atoms with Gasteiger partial charge in [0.1, 0.15) is 4.90 Å². The van der Waals surface area contributed by atoms with E-state index in [1.165, 1.54) is 10.9 Å². The number of benzene rings is 1. The Balaban J connectivity index is 1.83. The topological polar surface area (TPSA) is 76.9 Å². The molecule has 2 aromatic heterocycles. The van der Waals surface area contributed by atoms with Crippen LogP contribution in [-0.2, 0) is 16.6 Å². The fourth-order valence-corrected chi connectivity index (χ4v) is 3.53. The van der Waals surface area contributed by atoms with E-state index in [1.807, 2.05) is 6.07 Å². The summed E-state index contributed by atoms with van der Waals surface area (Å²) >= 11 is 5.82. The van der Waals surface area contributed by atoms with E-state index in [-0.39, 0.29) is 11.4 Å². The van der Waals surface area contributed by atoms with Gasteiger partial charge in [0.15, 0.2) is 5.82 Å². The van der Waals surface area contributed by atoms with Crippen LogP contribution in [0.3, 0.4) is 0 Å². The third-order valence-electron chi connectivity index (χ3n) is 3.50. The molecule has 1 N–H and O–H groups in total. The standard InChI is InChI=1S/C16H15ClN4O2S/c1-12-15(11-19-21(12)16-4-2-3-9-18-16)24(22,23)20-10-13-5-7-14(17)8-6-13/h2-9,11,20H,10H2,1H3. The Morgan fingerprint density at radius 1 is 1.17 bits per heavy atom. The quantitative estimate of drug-likeness (QED) is 0.757. The summed E-state index contributed by atoms with van der Waals surface area (Å²) in [5.74, 6) is 0.564. The van der Waals surface area contributed by atoms with Crippen molar-refractivity contribution in [1.29, 1.82) is 0 Å². The average molecular weight is 363 g/mol. The molecular weight excluding hydrogens is 348 g/mol. The minimum atomic E-state index is -3.68. The summed E-state index contributed by atoms with van der Waals surface area (Å²) in [6, 6.07) is 12.3. The van der Waals surface area contributed by atoms with Crippen molar-refractivity contribution in [2.45, 2.75) is 18.4 Å². The van der Waals surface area contributed by atoms with E-state index in [2.05, 4.69) is 14.8 Å². The minimum absolute atomic E-state index is 0.127. The number of pyridine rings is 1. The lowest BCUT2D eigenvalue weighted by Gasteiger charge is -2.07. The average Bonchev–Trinajstić information content (AvgIpc) is 2.98. The van der Waals surface area contributed by atoms with Crippen molar-refractivity contribution in [1.82, 2.24) is 19.5 Å². The van der Waals surface area contributed by atoms with E-state index in [0.717, 1.165) is 5.56 Å². The first-order valence-electron chi connectivity index (χ1n) is 7.17. The van der Waals surface area contributed by atoms with Crippen molar-refractivity contribution in [3.05, 3.63) is 71.1 Å². The lowest BCUT2D eigenvalue weighted by atomic mass is 10.2. The predicted octanol–water partition coefficient (Wildman–Crippen LogP) is 2.71. The maximum atomic E-state index is 12.5. The van der Waals surface area contributed by atoms with Crippen LogP contribution >= 0.6 is 11.6 Å². The molecule has 0 fully saturated rings. The van der Waals surface area contributed by atoms with Gasteiger partial charge in [-0.15, -0.1) is 0 Å². The summed E-state index contributed by atoms with van der Waals surface area (Å²) in [5.41, 5.74) is 1.31. The third-order valence-corrected chi connectivity index (χ3v) is 5.26. The van der Waals surface area contributed by atoms with E-state index in [1.54, 1.807) is 49.5 Å². The van der Waals surface area contributed by atoms with E-state index < -0.39 is 10.0 Å². The van der Waals surface area contributed by atoms with Crippen molar-refractivity contribution in [2.24, 2.45) is 0 Å². The Kier molecular flexibility index (Phi) is 4.66. The molecule has 0 aliphatic rings. The first kappa shape index (κ1) is 16.6. The van der Waals surface area contributed by atoms with Crippen molar-refractivity contribution < 1.29 is 8.42 Å². The molecule has 3 rings (SSSR count). The molecule has 3 aromatic rings. The highest BCUT2D eigenvalue weighted by molar-refractivity contribution is 7.89. The van der Waals surface area contributed by atoms with Gasteiger partial charge in [-0.2, -0.15) is 5.10 Å². The van der Waals surface area contributed by atoms with E-state index in [4.69, 9.17) is 11.6 Å². The van der Waals surface area contributed by atoms with Crippen molar-refractivity contribution in [3.63, 3.8) is 0 Å². The molecule has 8 heteroatoms. The molecule has 0 unspecified atom stereocenters. The van der Waals surface area contributed by atoms with Crippen LogP contribution in [0, 0.1) is 6.92 Å². The van der Waals surface area contributed by atoms with Gasteiger partial charge in [-0.3, -0.25) is 0 Å². The maximum absolute atomic E-state index is 12.5. The molecule has 0 bridgehead atoms. The third kappa shape index (κ3) is 3.48. The second kappa shape index (κ2) is 6.72. The summed E-state index contributed by atoms with van der Waals surface area (Å²) in [6.45, 7) is 1.87. The van der Waals surface area contributed by atoms with Gasteiger partial charge >= 0.3 is 0 Å². The summed E-state index contributed by atoms with van der Waals surface area (Å²) < 4.78 is 29.1. The molecule has 0 aliphatic carbocycles. The first-order valence-corrected chi connectivity index (χ1v) is 9.03. The summed E-state index contributed by atoms with van der Waals surface area (Å²) in [5, 5.41) is 4.74. The molecule has 124 valence electrons. The molecule has 0 spiro atoms. The van der Waals surface area contributed by atoms with E-state index in [0.29, 0.717) is 16.5 Å². The zero-order chi connectivity index (χ0) is 17.2. The van der Waals surface area contributed by atoms with Crippen LogP contribution in [0.2, 0.25) is 5.02 Å². The van der Waals surface area contributed by atoms with Crippen LogP contribution in [0.25, 0.3) is 5.82 Å². The van der Waals surface area contributed by atoms with Gasteiger partial charge in [0, 0.05) is 17.8 Å². The number of hydrogen-bond donors (Lipinski definition) is 1. The number of hydrogen-bond acceptors (Lipinski definition) is 4. The molecule has 0 aliphatic heterocycles. The van der Waals surface area contributed by atoms with Gasteiger partial charge in [0.25, 0.3) is 0 Å². The molecule has 6 nitrogen and oxygen atoms in total. The fourth-order valence-electron chi connectivity index (χ4n) is 2.23. The molecular formula is C16H15ClN4O2S. The number of aromatic nitrogens is 3. The molecule has 0 amide bonds. The zero-order valence-electron chi connectivity index (χ0n) is 12.8. The lowest BCUT2D eigenvalue weighted by Crippen LogP contribution is -2.23. The van der Waals surface area contributed by atoms with E-state index >= 15 is 0 Å². The second-order valence-electron chi connectivity index (χ2n) is 5.14. The van der Waals surface area contributed by atoms with Crippen molar-refractivity contribution in [3.8, 4) is 5.82 Å². The van der Waals surface area contributed by atoms with Crippen LogP contribution < -0.4 is 4.72 Å². The van der Waals surface area contributed by atoms with Crippen LogP contribution in [0.1, 0.15) is 11.3 Å². The molecule has 24 heavy (non-hydrogen) atoms. The number of halogens is 1. The zero-order valence-corrected chi connectivity index (χ0v) is 14.4. The molecule has 1 aromatic carbocycles. The Morgan fingerprint density at radius 2 is 1.92 bits per heavy atom. The summed E-state index contributed by atoms with van der Waals surface area (Å²) in [4.78, 5) is 4.31. The van der Waals surface area contributed by atoms with Crippen LogP contribution in [0.5, 0.6) is 0 Å². The number of rotatable bonds is 5. The number of nitrogens with one attached hydrogen (secondary N) is 1. The Labute approximate surface area is 145 Å². The van der Waals surface area contributed by atoms with Crippen LogP contribution in [-0.4, -0.2) is 23.2 Å². The lowest BCUT2D eigenvalue weighted by molar-refractivity contribution is 0.580. The van der Waals surface area contributed by atoms with Gasteiger partial charge in [0.2, 0.25) is 10.0 Å². The van der Waals surface area contributed by atoms with Gasteiger partial charge < -0.3 is 0 Å². The molecule has 0 saturated heterocycles. The SMILES string of the molecule is Cc1c(S(=O)(=O)NCc2ccc(Cl)cc2)cnn1-c1ccccn1. The van der Waals surface area contributed by atoms with Gasteiger partial charge in [-0.05, 0) is 36.8 Å². The van der Waals surface area contributed by atoms with Crippen LogP contribution in [0.4, 0.5) is 0 Å². The first-order chi connectivity index (χ1) is 11.5. The smallest absolute Gasteiger partial charge is 0.237 e. The number of sulfonamides is 1. The highest BCUT2D eigenvalue weighted by atomic mass is 35.5. The largest absolute Gasteiger partial charge is 0.244 e. The predicted molar refractivity (Wildman–Crippen MR) is 91.6 cm³/mol. The van der Waals surface area contributed by atoms with E-state index in [9.17, 15) is 8.42 Å². The molecule has 0 atom stereocenters. The normalized spacial score (nSPS) is 11.6. The second-order valence-corrected chi connectivity index (χ2v) is 7.32. The highest BCUT2D eigenvalue weighted by Gasteiger charge is 2.21. The summed E-state index contributed by atoms with van der Waals surface area (Å²) in [7, 11) is -3.68. The van der Waals surface area contributed by atoms with Gasteiger partial charge in [-0.1, -0.05) is 29.8 Å². The molecule has 0 saturated carbocycles. The van der Waals surface area contributed by atoms with Crippen molar-refractivity contribution >= 4 is 21.6 Å². The summed E-state index contributed by atoms with van der Waals surface area (Å²) in [6.07, 6.45) is 2.96. The molecule has 2 heterocycles. The monoisotopic (exact) mass is 362 g/mol. The fraction of sp³-hybridized carbons (Fsp3) is 0.125. The van der Waals surface area contributed by atoms with Gasteiger partial charge in [-0.25, -0.2) is 22.8 Å². The Morgan fingerprint density at radius 3 is 2.58 bits per heavy atom. The van der Waals surface area contributed by atoms with Crippen LogP contribution in [0.15, 0.2) is 59.8 Å². The Hall–Kier alpha value is -2.22. The highest BCUT2D eigenvalue weighted by Crippen LogP contribution is 2.18. The maximum Gasteiger partial charge on any atom is 0.244 e. The number of nitrogens with zero attached hydrogens (tertiary/aromatic N) is 3. The van der Waals surface area contributed by atoms with Gasteiger partial charge in [0.05, 0.1) is 11.9 Å². The minimum Gasteiger partial charge on any atom is -0.237 e.